The molecule has 224 valence electrons. The van der Waals surface area contributed by atoms with Crippen LogP contribution in [0.15, 0.2) is 30.3 Å². The lowest BCUT2D eigenvalue weighted by atomic mass is 9.93. The van der Waals surface area contributed by atoms with Gasteiger partial charge in [-0.05, 0) is 75.6 Å². The zero-order chi connectivity index (χ0) is 28.9. The van der Waals surface area contributed by atoms with Crippen LogP contribution in [0.5, 0.6) is 11.6 Å². The fourth-order valence-corrected chi connectivity index (χ4v) is 9.37. The van der Waals surface area contributed by atoms with Crippen LogP contribution >= 0.6 is 11.6 Å². The number of rotatable bonds is 4. The highest BCUT2D eigenvalue weighted by atomic mass is 35.5. The quantitative estimate of drug-likeness (QED) is 0.405. The third kappa shape index (κ3) is 3.97. The Balaban J connectivity index is 1.15. The van der Waals surface area contributed by atoms with E-state index >= 15 is 0 Å². The maximum absolute atomic E-state index is 13.6. The van der Waals surface area contributed by atoms with Crippen molar-refractivity contribution in [1.82, 2.24) is 15.2 Å². The van der Waals surface area contributed by atoms with E-state index in [0.717, 1.165) is 91.8 Å². The number of hydrogen-bond acceptors (Lipinski definition) is 8. The van der Waals surface area contributed by atoms with Gasteiger partial charge in [0, 0.05) is 42.2 Å². The first kappa shape index (κ1) is 26.2. The Bertz CT molecular complexity index is 1650. The van der Waals surface area contributed by atoms with Crippen molar-refractivity contribution in [2.75, 3.05) is 47.9 Å². The number of carbonyl (C=O) groups excluding carboxylic acids is 1. The van der Waals surface area contributed by atoms with Crippen LogP contribution in [0.25, 0.3) is 10.8 Å². The lowest BCUT2D eigenvalue weighted by Crippen LogP contribution is -2.64. The summed E-state index contributed by atoms with van der Waals surface area (Å²) in [6.45, 7) is 4.99. The van der Waals surface area contributed by atoms with E-state index in [0.29, 0.717) is 30.1 Å². The van der Waals surface area contributed by atoms with Crippen LogP contribution in [0.4, 0.5) is 17.1 Å². The molecule has 3 atom stereocenters. The average molecular weight is 601 g/mol. The molecule has 1 aromatic heterocycles. The van der Waals surface area contributed by atoms with Gasteiger partial charge in [0.05, 0.1) is 34.2 Å². The van der Waals surface area contributed by atoms with Gasteiger partial charge >= 0.3 is 0 Å². The van der Waals surface area contributed by atoms with E-state index in [1.807, 2.05) is 24.3 Å². The van der Waals surface area contributed by atoms with Crippen molar-refractivity contribution >= 4 is 45.3 Å². The smallest absolute Gasteiger partial charge is 0.248 e. The molecule has 1 amide bonds. The van der Waals surface area contributed by atoms with Gasteiger partial charge in [-0.3, -0.25) is 9.69 Å². The van der Waals surface area contributed by atoms with E-state index in [1.165, 1.54) is 18.4 Å². The highest BCUT2D eigenvalue weighted by Gasteiger charge is 2.50. The molecule has 7 heterocycles. The standard InChI is InChI=1S/C33H37ClN6O3/c34-23-5-1-4-19-14-21(41)15-26(27(19)23)38-13-8-22-25(17-38)36-32(43-18-33-9-2-11-39(33)12-3-10-33)28-29(22)40-16-20-6-7-24(35-20)30(40)31(42)37-28/h1,4-5,14-15,20,24,30,35,41H,2-3,6-13,16-18H2,(H,37,42). The highest BCUT2D eigenvalue weighted by molar-refractivity contribution is 6.36. The monoisotopic (exact) mass is 600 g/mol. The second-order valence-corrected chi connectivity index (χ2v) is 13.8. The Morgan fingerprint density at radius 1 is 1.14 bits per heavy atom. The number of carbonyl (C=O) groups is 1. The zero-order valence-electron chi connectivity index (χ0n) is 24.2. The van der Waals surface area contributed by atoms with Crippen molar-refractivity contribution < 1.29 is 14.6 Å². The van der Waals surface area contributed by atoms with Gasteiger partial charge in [-0.2, -0.15) is 0 Å². The topological polar surface area (TPSA) is 93.2 Å². The molecule has 43 heavy (non-hydrogen) atoms. The summed E-state index contributed by atoms with van der Waals surface area (Å²) in [6.07, 6.45) is 7.58. The summed E-state index contributed by atoms with van der Waals surface area (Å²) < 4.78 is 6.72. The number of hydrogen-bond donors (Lipinski definition) is 3. The third-order valence-electron chi connectivity index (χ3n) is 11.0. The zero-order valence-corrected chi connectivity index (χ0v) is 25.0. The molecule has 0 radical (unpaired) electrons. The molecule has 4 saturated heterocycles. The highest BCUT2D eigenvalue weighted by Crippen LogP contribution is 2.48. The molecule has 2 bridgehead atoms. The number of anilines is 3. The lowest BCUT2D eigenvalue weighted by Gasteiger charge is -2.47. The van der Waals surface area contributed by atoms with Gasteiger partial charge in [0.1, 0.15) is 24.1 Å². The number of nitrogens with zero attached hydrogens (tertiary/aromatic N) is 4. The van der Waals surface area contributed by atoms with Crippen LogP contribution in [-0.4, -0.2) is 77.3 Å². The van der Waals surface area contributed by atoms with Crippen LogP contribution in [0.3, 0.4) is 0 Å². The van der Waals surface area contributed by atoms with Crippen LogP contribution in [-0.2, 0) is 17.8 Å². The minimum Gasteiger partial charge on any atom is -0.508 e. The maximum atomic E-state index is 13.6. The molecular formula is C33H37ClN6O3. The Kier molecular flexibility index (Phi) is 5.85. The number of benzene rings is 2. The summed E-state index contributed by atoms with van der Waals surface area (Å²) in [7, 11) is 0. The normalized spacial score (nSPS) is 27.1. The number of nitrogens with one attached hydrogen (secondary N) is 2. The largest absolute Gasteiger partial charge is 0.508 e. The molecule has 6 aliphatic heterocycles. The number of fused-ring (bicyclic) bond motifs is 10. The molecule has 0 aliphatic carbocycles. The Hall–Kier alpha value is -3.27. The first-order valence-electron chi connectivity index (χ1n) is 15.9. The summed E-state index contributed by atoms with van der Waals surface area (Å²) in [5, 5.41) is 20.1. The number of ether oxygens (including phenoxy) is 1. The number of aromatic hydroxyl groups is 1. The average Bonchev–Trinajstić information content (AvgIpc) is 3.69. The molecule has 6 aliphatic rings. The first-order chi connectivity index (χ1) is 21.0. The molecule has 9 nitrogen and oxygen atoms in total. The summed E-state index contributed by atoms with van der Waals surface area (Å²) in [5.74, 6) is 0.800. The number of aromatic nitrogens is 1. The van der Waals surface area contributed by atoms with Crippen molar-refractivity contribution in [3.63, 3.8) is 0 Å². The molecule has 3 unspecified atom stereocenters. The van der Waals surface area contributed by atoms with E-state index in [2.05, 4.69) is 25.3 Å². The molecule has 3 N–H and O–H groups in total. The predicted molar refractivity (Wildman–Crippen MR) is 168 cm³/mol. The SMILES string of the molecule is O=C1Nc2c(OCC34CCCN3CCC4)nc3c(c2N2CC4CCC(N4)C12)CCN(c1cc(O)cc2cccc(Cl)c12)C3. The molecule has 3 aromatic rings. The molecular weight excluding hydrogens is 564 g/mol. The fourth-order valence-electron chi connectivity index (χ4n) is 9.10. The van der Waals surface area contributed by atoms with Crippen LogP contribution < -0.4 is 25.2 Å². The molecule has 0 saturated carbocycles. The van der Waals surface area contributed by atoms with Gasteiger partial charge in [-0.1, -0.05) is 23.7 Å². The molecule has 2 aromatic carbocycles. The van der Waals surface area contributed by atoms with Crippen molar-refractivity contribution in [3.05, 3.63) is 46.6 Å². The molecule has 9 rings (SSSR count). The van der Waals surface area contributed by atoms with Crippen LogP contribution in [0.2, 0.25) is 5.02 Å². The predicted octanol–water partition coefficient (Wildman–Crippen LogP) is 4.43. The number of amides is 1. The van der Waals surface area contributed by atoms with Gasteiger partial charge in [0.15, 0.2) is 0 Å². The number of halogens is 1. The first-order valence-corrected chi connectivity index (χ1v) is 16.3. The summed E-state index contributed by atoms with van der Waals surface area (Å²) in [5.41, 5.74) is 5.00. The number of phenolic OH excluding ortho intramolecular Hbond substituents is 1. The van der Waals surface area contributed by atoms with E-state index in [1.54, 1.807) is 6.07 Å². The third-order valence-corrected chi connectivity index (χ3v) is 11.3. The number of pyridine rings is 1. The Labute approximate surface area is 256 Å². The van der Waals surface area contributed by atoms with E-state index in [4.69, 9.17) is 21.3 Å². The molecule has 4 fully saturated rings. The minimum absolute atomic E-state index is 0.0387. The summed E-state index contributed by atoms with van der Waals surface area (Å²) in [6, 6.07) is 9.70. The fraction of sp³-hybridized carbons (Fsp3) is 0.515. The second kappa shape index (κ2) is 9.61. The summed E-state index contributed by atoms with van der Waals surface area (Å²) in [4.78, 5) is 26.1. The number of piperazine rings is 1. The van der Waals surface area contributed by atoms with E-state index < -0.39 is 0 Å². The minimum atomic E-state index is -0.226. The van der Waals surface area contributed by atoms with Crippen LogP contribution in [0, 0.1) is 0 Å². The van der Waals surface area contributed by atoms with Gasteiger partial charge in [-0.25, -0.2) is 4.98 Å². The van der Waals surface area contributed by atoms with Gasteiger partial charge in [0.25, 0.3) is 0 Å². The van der Waals surface area contributed by atoms with Crippen LogP contribution in [0.1, 0.15) is 49.8 Å². The lowest BCUT2D eigenvalue weighted by molar-refractivity contribution is -0.118. The van der Waals surface area contributed by atoms with Crippen molar-refractivity contribution in [3.8, 4) is 11.6 Å². The second-order valence-electron chi connectivity index (χ2n) is 13.4. The Morgan fingerprint density at radius 2 is 2.00 bits per heavy atom. The van der Waals surface area contributed by atoms with Crippen molar-refractivity contribution in [2.24, 2.45) is 0 Å². The number of phenols is 1. The van der Waals surface area contributed by atoms with Gasteiger partial charge in [-0.15, -0.1) is 0 Å². The molecule has 10 heteroatoms. The summed E-state index contributed by atoms with van der Waals surface area (Å²) >= 11 is 6.72. The van der Waals surface area contributed by atoms with Gasteiger partial charge < -0.3 is 30.3 Å². The van der Waals surface area contributed by atoms with Crippen molar-refractivity contribution in [2.45, 2.75) is 75.2 Å². The van der Waals surface area contributed by atoms with Crippen molar-refractivity contribution in [1.29, 1.82) is 0 Å². The van der Waals surface area contributed by atoms with E-state index in [9.17, 15) is 9.90 Å². The van der Waals surface area contributed by atoms with Gasteiger partial charge in [0.2, 0.25) is 11.8 Å². The molecule has 0 spiro atoms. The maximum Gasteiger partial charge on any atom is 0.248 e. The Morgan fingerprint density at radius 3 is 2.86 bits per heavy atom. The van der Waals surface area contributed by atoms with E-state index in [-0.39, 0.29) is 29.3 Å².